The molecular formula is C16H18ClFN2O. The van der Waals surface area contributed by atoms with Gasteiger partial charge < -0.3 is 4.74 Å². The Morgan fingerprint density at radius 2 is 2.05 bits per heavy atom. The Morgan fingerprint density at radius 1 is 1.29 bits per heavy atom. The molecule has 1 unspecified atom stereocenters. The quantitative estimate of drug-likeness (QED) is 0.633. The predicted molar refractivity (Wildman–Crippen MR) is 82.8 cm³/mol. The predicted octanol–water partition coefficient (Wildman–Crippen LogP) is 3.62. The van der Waals surface area contributed by atoms with E-state index in [0.717, 1.165) is 11.3 Å². The molecule has 112 valence electrons. The van der Waals surface area contributed by atoms with Crippen LogP contribution in [0.2, 0.25) is 5.02 Å². The van der Waals surface area contributed by atoms with Crippen molar-refractivity contribution in [2.45, 2.75) is 19.4 Å². The summed E-state index contributed by atoms with van der Waals surface area (Å²) in [6.07, 6.45) is 0.401. The van der Waals surface area contributed by atoms with Crippen molar-refractivity contribution in [3.05, 3.63) is 64.4 Å². The van der Waals surface area contributed by atoms with Gasteiger partial charge in [-0.25, -0.2) is 4.39 Å². The van der Waals surface area contributed by atoms with Gasteiger partial charge in [0, 0.05) is 0 Å². The van der Waals surface area contributed by atoms with Crippen molar-refractivity contribution in [1.29, 1.82) is 0 Å². The fraction of sp³-hybridized carbons (Fsp3) is 0.250. The van der Waals surface area contributed by atoms with Crippen LogP contribution in [-0.4, -0.2) is 6.61 Å². The SMILES string of the molecule is CCOc1cccc(C(Cc2cccc(Cl)c2F)NN)c1. The van der Waals surface area contributed by atoms with Gasteiger partial charge in [0.25, 0.3) is 0 Å². The number of ether oxygens (including phenoxy) is 1. The monoisotopic (exact) mass is 308 g/mol. The van der Waals surface area contributed by atoms with Crippen LogP contribution in [0, 0.1) is 5.82 Å². The normalized spacial score (nSPS) is 12.2. The van der Waals surface area contributed by atoms with Crippen molar-refractivity contribution in [3.63, 3.8) is 0 Å². The van der Waals surface area contributed by atoms with Gasteiger partial charge in [0.1, 0.15) is 11.6 Å². The van der Waals surface area contributed by atoms with Gasteiger partial charge in [0.15, 0.2) is 0 Å². The molecule has 0 aromatic heterocycles. The maximum absolute atomic E-state index is 14.0. The van der Waals surface area contributed by atoms with E-state index in [4.69, 9.17) is 22.2 Å². The zero-order valence-electron chi connectivity index (χ0n) is 11.8. The van der Waals surface area contributed by atoms with E-state index in [2.05, 4.69) is 5.43 Å². The van der Waals surface area contributed by atoms with E-state index in [1.807, 2.05) is 31.2 Å². The van der Waals surface area contributed by atoms with Gasteiger partial charge in [0.05, 0.1) is 17.7 Å². The van der Waals surface area contributed by atoms with Crippen molar-refractivity contribution >= 4 is 11.6 Å². The Labute approximate surface area is 128 Å². The van der Waals surface area contributed by atoms with Crippen LogP contribution in [0.1, 0.15) is 24.1 Å². The van der Waals surface area contributed by atoms with Crippen LogP contribution in [0.25, 0.3) is 0 Å². The largest absolute Gasteiger partial charge is 0.494 e. The maximum atomic E-state index is 14.0. The molecule has 1 atom stereocenters. The zero-order valence-corrected chi connectivity index (χ0v) is 12.5. The molecule has 3 N–H and O–H groups in total. The highest BCUT2D eigenvalue weighted by atomic mass is 35.5. The van der Waals surface area contributed by atoms with Crippen LogP contribution in [0.15, 0.2) is 42.5 Å². The number of nitrogens with one attached hydrogen (secondary N) is 1. The van der Waals surface area contributed by atoms with E-state index in [1.54, 1.807) is 12.1 Å². The Kier molecular flexibility index (Phi) is 5.56. The summed E-state index contributed by atoms with van der Waals surface area (Å²) in [6, 6.07) is 12.3. The fourth-order valence-corrected chi connectivity index (χ4v) is 2.38. The third-order valence-corrected chi connectivity index (χ3v) is 3.52. The van der Waals surface area contributed by atoms with E-state index in [0.29, 0.717) is 18.6 Å². The summed E-state index contributed by atoms with van der Waals surface area (Å²) in [5.74, 6) is 5.98. The van der Waals surface area contributed by atoms with Gasteiger partial charge in [-0.2, -0.15) is 0 Å². The van der Waals surface area contributed by atoms with Gasteiger partial charge in [-0.1, -0.05) is 35.9 Å². The minimum Gasteiger partial charge on any atom is -0.494 e. The second-order valence-electron chi connectivity index (χ2n) is 4.64. The first-order valence-electron chi connectivity index (χ1n) is 6.77. The number of nitrogens with two attached hydrogens (primary N) is 1. The van der Waals surface area contributed by atoms with Gasteiger partial charge in [-0.05, 0) is 42.7 Å². The second-order valence-corrected chi connectivity index (χ2v) is 5.05. The molecule has 5 heteroatoms. The molecule has 0 radical (unpaired) electrons. The zero-order chi connectivity index (χ0) is 15.2. The number of hydrazine groups is 1. The third kappa shape index (κ3) is 3.94. The molecule has 2 aromatic rings. The summed E-state index contributed by atoms with van der Waals surface area (Å²) in [6.45, 7) is 2.51. The number of halogens is 2. The van der Waals surface area contributed by atoms with Crippen LogP contribution < -0.4 is 16.0 Å². The van der Waals surface area contributed by atoms with Crippen molar-refractivity contribution < 1.29 is 9.13 Å². The first-order chi connectivity index (χ1) is 10.2. The second kappa shape index (κ2) is 7.41. The van der Waals surface area contributed by atoms with Crippen LogP contribution in [-0.2, 0) is 6.42 Å². The van der Waals surface area contributed by atoms with Crippen LogP contribution in [0.3, 0.4) is 0 Å². The summed E-state index contributed by atoms with van der Waals surface area (Å²) in [7, 11) is 0. The van der Waals surface area contributed by atoms with Gasteiger partial charge in [-0.3, -0.25) is 11.3 Å². The molecule has 0 amide bonds. The molecule has 0 heterocycles. The van der Waals surface area contributed by atoms with E-state index < -0.39 is 5.82 Å². The van der Waals surface area contributed by atoms with Crippen LogP contribution >= 0.6 is 11.6 Å². The lowest BCUT2D eigenvalue weighted by molar-refractivity contribution is 0.339. The molecule has 0 aliphatic rings. The molecule has 21 heavy (non-hydrogen) atoms. The van der Waals surface area contributed by atoms with Crippen LogP contribution in [0.5, 0.6) is 5.75 Å². The Hall–Kier alpha value is -1.62. The minimum absolute atomic E-state index is 0.117. The first-order valence-corrected chi connectivity index (χ1v) is 7.15. The van der Waals surface area contributed by atoms with Crippen molar-refractivity contribution in [2.75, 3.05) is 6.61 Å². The molecule has 3 nitrogen and oxygen atoms in total. The van der Waals surface area contributed by atoms with E-state index in [-0.39, 0.29) is 11.1 Å². The number of hydrogen-bond acceptors (Lipinski definition) is 3. The highest BCUT2D eigenvalue weighted by molar-refractivity contribution is 6.30. The average Bonchev–Trinajstić information content (AvgIpc) is 2.49. The Morgan fingerprint density at radius 3 is 2.76 bits per heavy atom. The summed E-state index contributed by atoms with van der Waals surface area (Å²) in [4.78, 5) is 0. The lowest BCUT2D eigenvalue weighted by atomic mass is 9.99. The molecule has 0 bridgehead atoms. The molecule has 2 rings (SSSR count). The Bertz CT molecular complexity index is 607. The van der Waals surface area contributed by atoms with Gasteiger partial charge in [-0.15, -0.1) is 0 Å². The van der Waals surface area contributed by atoms with E-state index in [1.165, 1.54) is 6.07 Å². The fourth-order valence-electron chi connectivity index (χ4n) is 2.19. The summed E-state index contributed by atoms with van der Waals surface area (Å²) in [5, 5.41) is 0.117. The Balaban J connectivity index is 2.23. The highest BCUT2D eigenvalue weighted by Gasteiger charge is 2.15. The van der Waals surface area contributed by atoms with E-state index in [9.17, 15) is 4.39 Å². The molecule has 0 fully saturated rings. The molecule has 0 saturated carbocycles. The molecule has 0 aliphatic carbocycles. The summed E-state index contributed by atoms with van der Waals surface area (Å²) in [5.41, 5.74) is 4.17. The number of rotatable bonds is 6. The summed E-state index contributed by atoms with van der Waals surface area (Å²) < 4.78 is 19.5. The standard InChI is InChI=1S/C16H18ClFN2O/c1-2-21-13-7-3-5-11(9-13)15(20-19)10-12-6-4-8-14(17)16(12)18/h3-9,15,20H,2,10,19H2,1H3. The molecular weight excluding hydrogens is 291 g/mol. The smallest absolute Gasteiger partial charge is 0.145 e. The molecule has 2 aromatic carbocycles. The summed E-state index contributed by atoms with van der Waals surface area (Å²) >= 11 is 5.81. The topological polar surface area (TPSA) is 47.3 Å². The van der Waals surface area contributed by atoms with Crippen molar-refractivity contribution in [1.82, 2.24) is 5.43 Å². The lowest BCUT2D eigenvalue weighted by Crippen LogP contribution is -2.29. The highest BCUT2D eigenvalue weighted by Crippen LogP contribution is 2.25. The van der Waals surface area contributed by atoms with Crippen molar-refractivity contribution in [3.8, 4) is 5.75 Å². The molecule has 0 spiro atoms. The number of hydrogen-bond donors (Lipinski definition) is 2. The van der Waals surface area contributed by atoms with Crippen LogP contribution in [0.4, 0.5) is 4.39 Å². The lowest BCUT2D eigenvalue weighted by Gasteiger charge is -2.18. The van der Waals surface area contributed by atoms with Crippen molar-refractivity contribution in [2.24, 2.45) is 5.84 Å². The number of benzene rings is 2. The third-order valence-electron chi connectivity index (χ3n) is 3.23. The molecule has 0 saturated heterocycles. The van der Waals surface area contributed by atoms with Gasteiger partial charge in [0.2, 0.25) is 0 Å². The average molecular weight is 309 g/mol. The first kappa shape index (κ1) is 15.8. The maximum Gasteiger partial charge on any atom is 0.145 e. The minimum atomic E-state index is -0.402. The van der Waals surface area contributed by atoms with Gasteiger partial charge >= 0.3 is 0 Å². The molecule has 0 aliphatic heterocycles. The van der Waals surface area contributed by atoms with E-state index >= 15 is 0 Å².